The van der Waals surface area contributed by atoms with Gasteiger partial charge < -0.3 is 0 Å². The summed E-state index contributed by atoms with van der Waals surface area (Å²) in [6.45, 7) is 9.86. The molecule has 29 heavy (non-hydrogen) atoms. The Kier molecular flexibility index (Phi) is 9.91. The molecule has 0 heteroatoms. The Hall–Kier alpha value is 0. The zero-order valence-corrected chi connectivity index (χ0v) is 20.6. The summed E-state index contributed by atoms with van der Waals surface area (Å²) in [4.78, 5) is 0. The first-order valence-electron chi connectivity index (χ1n) is 14.1. The highest BCUT2D eigenvalue weighted by atomic mass is 14.4. The molecule has 0 saturated heterocycles. The molecule has 0 aromatic carbocycles. The summed E-state index contributed by atoms with van der Waals surface area (Å²) < 4.78 is 0. The maximum atomic E-state index is 2.50. The molecule has 5 unspecified atom stereocenters. The van der Waals surface area contributed by atoms with E-state index in [1.807, 2.05) is 0 Å². The third-order valence-corrected chi connectivity index (χ3v) is 9.80. The Balaban J connectivity index is 1.68. The van der Waals surface area contributed by atoms with Crippen LogP contribution in [-0.4, -0.2) is 0 Å². The molecule has 5 atom stereocenters. The van der Waals surface area contributed by atoms with Crippen LogP contribution in [0.2, 0.25) is 0 Å². The van der Waals surface area contributed by atoms with Crippen molar-refractivity contribution in [2.75, 3.05) is 0 Å². The predicted molar refractivity (Wildman–Crippen MR) is 129 cm³/mol. The van der Waals surface area contributed by atoms with Gasteiger partial charge in [-0.2, -0.15) is 0 Å². The van der Waals surface area contributed by atoms with Crippen LogP contribution in [0.3, 0.4) is 0 Å². The summed E-state index contributed by atoms with van der Waals surface area (Å²) in [7, 11) is 0. The Bertz CT molecular complexity index is 429. The molecule has 170 valence electrons. The fourth-order valence-corrected chi connectivity index (χ4v) is 7.59. The van der Waals surface area contributed by atoms with Crippen LogP contribution < -0.4 is 0 Å². The Morgan fingerprint density at radius 2 is 1.28 bits per heavy atom. The minimum absolute atomic E-state index is 0.904. The second kappa shape index (κ2) is 12.1. The van der Waals surface area contributed by atoms with E-state index >= 15 is 0 Å². The molecule has 0 radical (unpaired) electrons. The van der Waals surface area contributed by atoms with Crippen LogP contribution in [0.4, 0.5) is 0 Å². The highest BCUT2D eigenvalue weighted by Crippen LogP contribution is 2.47. The molecular formula is C29H54. The maximum absolute atomic E-state index is 2.50. The number of rotatable bonds is 5. The molecule has 0 spiro atoms. The van der Waals surface area contributed by atoms with Crippen molar-refractivity contribution in [3.63, 3.8) is 0 Å². The fraction of sp³-hybridized carbons (Fsp3) is 1.00. The summed E-state index contributed by atoms with van der Waals surface area (Å²) in [5, 5.41) is 0. The molecule has 0 nitrogen and oxygen atoms in total. The van der Waals surface area contributed by atoms with E-state index in [-0.39, 0.29) is 0 Å². The van der Waals surface area contributed by atoms with Crippen LogP contribution in [0.5, 0.6) is 0 Å². The standard InChI is InChI=1S/C29H54/c1-5-6-9-24-10-7-12-25-18-19-27(22(2)3)20-29(25)21-28(13-8-11-24)26-16-14-23(4)15-17-26/h22-29H,5-21H2,1-4H3. The minimum atomic E-state index is 0.904. The second-order valence-electron chi connectivity index (χ2n) is 12.2. The highest BCUT2D eigenvalue weighted by molar-refractivity contribution is 4.86. The second-order valence-corrected chi connectivity index (χ2v) is 12.2. The van der Waals surface area contributed by atoms with Gasteiger partial charge in [0.15, 0.2) is 0 Å². The van der Waals surface area contributed by atoms with Gasteiger partial charge in [0.1, 0.15) is 0 Å². The molecular weight excluding hydrogens is 348 g/mol. The van der Waals surface area contributed by atoms with E-state index in [1.54, 1.807) is 57.8 Å². The number of unbranched alkanes of at least 4 members (excludes halogenated alkanes) is 1. The van der Waals surface area contributed by atoms with Crippen LogP contribution in [-0.2, 0) is 0 Å². The summed E-state index contributed by atoms with van der Waals surface area (Å²) >= 11 is 0. The zero-order chi connectivity index (χ0) is 20.6. The first kappa shape index (κ1) is 23.7. The average Bonchev–Trinajstić information content (AvgIpc) is 2.75. The molecule has 3 rings (SSSR count). The number of fused-ring (bicyclic) bond motifs is 1. The van der Waals surface area contributed by atoms with Gasteiger partial charge in [0, 0.05) is 0 Å². The Morgan fingerprint density at radius 1 is 0.655 bits per heavy atom. The lowest BCUT2D eigenvalue weighted by atomic mass is 9.64. The first-order valence-corrected chi connectivity index (χ1v) is 14.1. The maximum Gasteiger partial charge on any atom is -0.0380 e. The monoisotopic (exact) mass is 402 g/mol. The molecule has 3 fully saturated rings. The molecule has 3 aliphatic rings. The summed E-state index contributed by atoms with van der Waals surface area (Å²) in [5.41, 5.74) is 0. The predicted octanol–water partition coefficient (Wildman–Crippen LogP) is 9.67. The zero-order valence-electron chi connectivity index (χ0n) is 20.6. The summed E-state index contributed by atoms with van der Waals surface area (Å²) in [5.74, 6) is 8.23. The molecule has 0 N–H and O–H groups in total. The Labute approximate surface area is 184 Å². The van der Waals surface area contributed by atoms with Crippen molar-refractivity contribution < 1.29 is 0 Å². The lowest BCUT2D eigenvalue weighted by molar-refractivity contribution is 0.0906. The van der Waals surface area contributed by atoms with Gasteiger partial charge in [-0.05, 0) is 85.9 Å². The van der Waals surface area contributed by atoms with Gasteiger partial charge in [-0.25, -0.2) is 0 Å². The SMILES string of the molecule is CCCCC1CCCC2CCC(C(C)C)CC2CC(C2CCC(C)CC2)CCC1. The number of hydrogen-bond donors (Lipinski definition) is 0. The Morgan fingerprint density at radius 3 is 1.93 bits per heavy atom. The molecule has 0 aromatic rings. The van der Waals surface area contributed by atoms with Crippen LogP contribution in [0, 0.1) is 47.3 Å². The first-order chi connectivity index (χ1) is 14.1. The van der Waals surface area contributed by atoms with Crippen molar-refractivity contribution in [2.24, 2.45) is 47.3 Å². The average molecular weight is 403 g/mol. The topological polar surface area (TPSA) is 0 Å². The van der Waals surface area contributed by atoms with Gasteiger partial charge in [-0.3, -0.25) is 0 Å². The van der Waals surface area contributed by atoms with E-state index in [4.69, 9.17) is 0 Å². The molecule has 0 aliphatic heterocycles. The van der Waals surface area contributed by atoms with Crippen LogP contribution in [0.25, 0.3) is 0 Å². The van der Waals surface area contributed by atoms with Gasteiger partial charge in [0.2, 0.25) is 0 Å². The lowest BCUT2D eigenvalue weighted by Gasteiger charge is -2.42. The van der Waals surface area contributed by atoms with E-state index in [2.05, 4.69) is 27.7 Å². The molecule has 0 heterocycles. The minimum Gasteiger partial charge on any atom is -0.0654 e. The largest absolute Gasteiger partial charge is 0.0654 e. The van der Waals surface area contributed by atoms with Gasteiger partial charge in [0.05, 0.1) is 0 Å². The van der Waals surface area contributed by atoms with E-state index in [1.165, 1.54) is 51.4 Å². The lowest BCUT2D eigenvalue weighted by Crippen LogP contribution is -2.31. The summed E-state index contributed by atoms with van der Waals surface area (Å²) in [6.07, 6.45) is 26.1. The van der Waals surface area contributed by atoms with E-state index in [0.717, 1.165) is 47.3 Å². The quantitative estimate of drug-likeness (QED) is 0.429. The van der Waals surface area contributed by atoms with Crippen LogP contribution in [0.1, 0.15) is 137 Å². The highest BCUT2D eigenvalue weighted by Gasteiger charge is 2.35. The van der Waals surface area contributed by atoms with Crippen LogP contribution >= 0.6 is 0 Å². The van der Waals surface area contributed by atoms with Crippen molar-refractivity contribution in [3.05, 3.63) is 0 Å². The van der Waals surface area contributed by atoms with E-state index in [9.17, 15) is 0 Å². The van der Waals surface area contributed by atoms with Gasteiger partial charge >= 0.3 is 0 Å². The molecule has 0 amide bonds. The fourth-order valence-electron chi connectivity index (χ4n) is 7.59. The third-order valence-electron chi connectivity index (χ3n) is 9.80. The number of hydrogen-bond acceptors (Lipinski definition) is 0. The van der Waals surface area contributed by atoms with E-state index in [0.29, 0.717) is 0 Å². The summed E-state index contributed by atoms with van der Waals surface area (Å²) in [6, 6.07) is 0. The van der Waals surface area contributed by atoms with Gasteiger partial charge in [0.25, 0.3) is 0 Å². The van der Waals surface area contributed by atoms with E-state index < -0.39 is 0 Å². The normalized spacial score (nSPS) is 40.2. The molecule has 0 aromatic heterocycles. The molecule has 3 aliphatic carbocycles. The molecule has 0 bridgehead atoms. The van der Waals surface area contributed by atoms with Crippen molar-refractivity contribution >= 4 is 0 Å². The van der Waals surface area contributed by atoms with Gasteiger partial charge in [-0.15, -0.1) is 0 Å². The van der Waals surface area contributed by atoms with Crippen molar-refractivity contribution in [1.29, 1.82) is 0 Å². The molecule has 3 saturated carbocycles. The van der Waals surface area contributed by atoms with Crippen LogP contribution in [0.15, 0.2) is 0 Å². The third kappa shape index (κ3) is 7.28. The van der Waals surface area contributed by atoms with Crippen molar-refractivity contribution in [2.45, 2.75) is 137 Å². The van der Waals surface area contributed by atoms with Crippen molar-refractivity contribution in [3.8, 4) is 0 Å². The van der Waals surface area contributed by atoms with Gasteiger partial charge in [-0.1, -0.05) is 98.3 Å². The van der Waals surface area contributed by atoms with Crippen molar-refractivity contribution in [1.82, 2.24) is 0 Å². The smallest absolute Gasteiger partial charge is 0.0380 e.